The second-order valence-electron chi connectivity index (χ2n) is 5.44. The van der Waals surface area contributed by atoms with Gasteiger partial charge in [0, 0.05) is 6.54 Å². The minimum atomic E-state index is -0.927. The summed E-state index contributed by atoms with van der Waals surface area (Å²) in [5, 5.41) is 2.74. The van der Waals surface area contributed by atoms with Crippen LogP contribution < -0.4 is 11.1 Å². The third-order valence-corrected chi connectivity index (χ3v) is 4.44. The number of hydrogen-bond donors (Lipinski definition) is 2. The molecule has 0 aromatic heterocycles. The van der Waals surface area contributed by atoms with E-state index in [0.29, 0.717) is 18.4 Å². The highest BCUT2D eigenvalue weighted by Gasteiger charge is 2.42. The first-order valence-electron chi connectivity index (χ1n) is 6.98. The highest BCUT2D eigenvalue weighted by Crippen LogP contribution is 2.37. The minimum absolute atomic E-state index is 0.125. The first-order chi connectivity index (χ1) is 9.95. The first kappa shape index (κ1) is 15.8. The highest BCUT2D eigenvalue weighted by molar-refractivity contribution is 7.80. The summed E-state index contributed by atoms with van der Waals surface area (Å²) in [5.41, 5.74) is 5.47. The van der Waals surface area contributed by atoms with Crippen LogP contribution in [0.4, 0.5) is 8.78 Å². The predicted molar refractivity (Wildman–Crippen MR) is 80.5 cm³/mol. The Morgan fingerprint density at radius 3 is 2.48 bits per heavy atom. The van der Waals surface area contributed by atoms with E-state index in [-0.39, 0.29) is 17.4 Å². The van der Waals surface area contributed by atoms with Gasteiger partial charge in [0.1, 0.15) is 0 Å². The molecule has 1 aromatic rings. The van der Waals surface area contributed by atoms with E-state index in [1.54, 1.807) is 0 Å². The SMILES string of the molecule is NC(=S)C1(C(=O)NCc2ccc(F)c(F)c2)CCCCC1. The van der Waals surface area contributed by atoms with E-state index in [1.165, 1.54) is 6.07 Å². The van der Waals surface area contributed by atoms with Gasteiger partial charge in [0.05, 0.1) is 10.4 Å². The van der Waals surface area contributed by atoms with Crippen molar-refractivity contribution in [1.82, 2.24) is 5.32 Å². The number of carbonyl (C=O) groups is 1. The van der Waals surface area contributed by atoms with E-state index in [1.807, 2.05) is 0 Å². The normalized spacial score (nSPS) is 17.2. The van der Waals surface area contributed by atoms with Crippen LogP contribution in [0, 0.1) is 17.0 Å². The lowest BCUT2D eigenvalue weighted by molar-refractivity contribution is -0.129. The van der Waals surface area contributed by atoms with Gasteiger partial charge in [-0.15, -0.1) is 0 Å². The van der Waals surface area contributed by atoms with Crippen molar-refractivity contribution < 1.29 is 13.6 Å². The molecule has 1 aliphatic carbocycles. The van der Waals surface area contributed by atoms with Crippen molar-refractivity contribution in [1.29, 1.82) is 0 Å². The van der Waals surface area contributed by atoms with E-state index in [9.17, 15) is 13.6 Å². The van der Waals surface area contributed by atoms with Crippen LogP contribution in [0.5, 0.6) is 0 Å². The molecule has 0 saturated heterocycles. The fourth-order valence-corrected chi connectivity index (χ4v) is 3.04. The predicted octanol–water partition coefficient (Wildman–Crippen LogP) is 2.82. The molecule has 1 saturated carbocycles. The maximum atomic E-state index is 13.1. The summed E-state index contributed by atoms with van der Waals surface area (Å²) >= 11 is 5.08. The number of rotatable bonds is 4. The Labute approximate surface area is 127 Å². The molecule has 0 spiro atoms. The number of nitrogens with two attached hydrogens (primary N) is 1. The Hall–Kier alpha value is -1.56. The molecule has 0 unspecified atom stereocenters. The monoisotopic (exact) mass is 312 g/mol. The summed E-state index contributed by atoms with van der Waals surface area (Å²) < 4.78 is 26.0. The van der Waals surface area contributed by atoms with Crippen molar-refractivity contribution in [2.24, 2.45) is 11.1 Å². The Kier molecular flexibility index (Phi) is 4.88. The van der Waals surface area contributed by atoms with Gasteiger partial charge in [-0.25, -0.2) is 8.78 Å². The van der Waals surface area contributed by atoms with Gasteiger partial charge in [-0.1, -0.05) is 37.5 Å². The number of thiocarbonyl (C=S) groups is 1. The summed E-state index contributed by atoms with van der Waals surface area (Å²) in [4.78, 5) is 12.7. The lowest BCUT2D eigenvalue weighted by Crippen LogP contribution is -2.49. The maximum Gasteiger partial charge on any atom is 0.233 e. The average molecular weight is 312 g/mol. The Bertz CT molecular complexity index is 557. The molecular formula is C15H18F2N2OS. The van der Waals surface area contributed by atoms with Crippen LogP contribution in [0.15, 0.2) is 18.2 Å². The number of carbonyl (C=O) groups excluding carboxylic acids is 1. The summed E-state index contributed by atoms with van der Waals surface area (Å²) in [5.74, 6) is -2.06. The van der Waals surface area contributed by atoms with Gasteiger partial charge in [-0.05, 0) is 30.5 Å². The molecule has 3 nitrogen and oxygen atoms in total. The second-order valence-corrected chi connectivity index (χ2v) is 5.88. The third-order valence-electron chi connectivity index (χ3n) is 4.05. The zero-order valence-electron chi connectivity index (χ0n) is 11.6. The number of nitrogens with one attached hydrogen (secondary N) is 1. The Morgan fingerprint density at radius 1 is 1.24 bits per heavy atom. The number of hydrogen-bond acceptors (Lipinski definition) is 2. The fraction of sp³-hybridized carbons (Fsp3) is 0.467. The zero-order valence-corrected chi connectivity index (χ0v) is 12.4. The fourth-order valence-electron chi connectivity index (χ4n) is 2.74. The largest absolute Gasteiger partial charge is 0.392 e. The van der Waals surface area contributed by atoms with Crippen molar-refractivity contribution in [2.45, 2.75) is 38.6 Å². The van der Waals surface area contributed by atoms with E-state index in [2.05, 4.69) is 5.32 Å². The molecule has 2 rings (SSSR count). The Morgan fingerprint density at radius 2 is 1.90 bits per heavy atom. The molecule has 1 aliphatic rings. The number of halogens is 2. The standard InChI is InChI=1S/C15H18F2N2OS/c16-11-5-4-10(8-12(11)17)9-19-14(20)15(13(18)21)6-2-1-3-7-15/h4-5,8H,1-3,6-7,9H2,(H2,18,21)(H,19,20). The van der Waals surface area contributed by atoms with Crippen LogP contribution >= 0.6 is 12.2 Å². The van der Waals surface area contributed by atoms with Gasteiger partial charge in [0.15, 0.2) is 11.6 Å². The quantitative estimate of drug-likeness (QED) is 0.841. The van der Waals surface area contributed by atoms with Crippen LogP contribution in [0.3, 0.4) is 0 Å². The summed E-state index contributed by atoms with van der Waals surface area (Å²) in [6, 6.07) is 3.55. The van der Waals surface area contributed by atoms with Crippen molar-refractivity contribution >= 4 is 23.1 Å². The summed E-state index contributed by atoms with van der Waals surface area (Å²) in [6.45, 7) is 0.125. The van der Waals surface area contributed by atoms with E-state index in [0.717, 1.165) is 31.4 Å². The molecule has 3 N–H and O–H groups in total. The zero-order chi connectivity index (χ0) is 15.5. The molecule has 1 amide bonds. The number of amides is 1. The molecule has 0 heterocycles. The van der Waals surface area contributed by atoms with Crippen LogP contribution in [0.25, 0.3) is 0 Å². The van der Waals surface area contributed by atoms with E-state index in [4.69, 9.17) is 18.0 Å². The topological polar surface area (TPSA) is 55.1 Å². The van der Waals surface area contributed by atoms with Crippen LogP contribution in [-0.4, -0.2) is 10.9 Å². The molecular weight excluding hydrogens is 294 g/mol. The van der Waals surface area contributed by atoms with Crippen LogP contribution in [-0.2, 0) is 11.3 Å². The molecule has 0 radical (unpaired) electrons. The first-order valence-corrected chi connectivity index (χ1v) is 7.39. The number of benzene rings is 1. The Balaban J connectivity index is 2.05. The minimum Gasteiger partial charge on any atom is -0.392 e. The molecule has 0 atom stereocenters. The summed E-state index contributed by atoms with van der Waals surface area (Å²) in [7, 11) is 0. The van der Waals surface area contributed by atoms with Gasteiger partial charge in [0.25, 0.3) is 0 Å². The van der Waals surface area contributed by atoms with Crippen molar-refractivity contribution in [3.63, 3.8) is 0 Å². The van der Waals surface area contributed by atoms with Crippen LogP contribution in [0.2, 0.25) is 0 Å². The van der Waals surface area contributed by atoms with Crippen molar-refractivity contribution in [2.75, 3.05) is 0 Å². The van der Waals surface area contributed by atoms with Gasteiger partial charge in [-0.3, -0.25) is 4.79 Å². The van der Waals surface area contributed by atoms with E-state index >= 15 is 0 Å². The molecule has 1 aromatic carbocycles. The highest BCUT2D eigenvalue weighted by atomic mass is 32.1. The van der Waals surface area contributed by atoms with Crippen molar-refractivity contribution in [3.8, 4) is 0 Å². The summed E-state index contributed by atoms with van der Waals surface area (Å²) in [6.07, 6.45) is 4.19. The molecule has 21 heavy (non-hydrogen) atoms. The average Bonchev–Trinajstić information content (AvgIpc) is 2.48. The molecule has 0 aliphatic heterocycles. The third kappa shape index (κ3) is 3.37. The lowest BCUT2D eigenvalue weighted by Gasteiger charge is -2.34. The van der Waals surface area contributed by atoms with Gasteiger partial charge >= 0.3 is 0 Å². The van der Waals surface area contributed by atoms with E-state index < -0.39 is 17.0 Å². The van der Waals surface area contributed by atoms with Gasteiger partial charge in [0.2, 0.25) is 5.91 Å². The molecule has 114 valence electrons. The van der Waals surface area contributed by atoms with Crippen LogP contribution in [0.1, 0.15) is 37.7 Å². The second kappa shape index (κ2) is 6.47. The molecule has 1 fully saturated rings. The molecule has 0 bridgehead atoms. The van der Waals surface area contributed by atoms with Gasteiger partial charge in [-0.2, -0.15) is 0 Å². The molecule has 6 heteroatoms. The maximum absolute atomic E-state index is 13.1. The van der Waals surface area contributed by atoms with Gasteiger partial charge < -0.3 is 11.1 Å². The smallest absolute Gasteiger partial charge is 0.233 e. The van der Waals surface area contributed by atoms with Crippen molar-refractivity contribution in [3.05, 3.63) is 35.4 Å². The lowest BCUT2D eigenvalue weighted by atomic mass is 9.73.